The second kappa shape index (κ2) is 14.8. The number of piperidine rings is 1. The number of amides is 2. The average Bonchev–Trinajstić information content (AvgIpc) is 3.79. The molecule has 0 spiro atoms. The molecule has 1 saturated heterocycles. The molecule has 240 valence electrons. The number of ether oxygens (including phenoxy) is 2. The number of pyridine rings is 1. The summed E-state index contributed by atoms with van der Waals surface area (Å²) < 4.78 is 12.8. The molecule has 1 aliphatic heterocycles. The van der Waals surface area contributed by atoms with Crippen molar-refractivity contribution in [3.05, 3.63) is 83.6 Å². The van der Waals surface area contributed by atoms with Crippen LogP contribution in [0.25, 0.3) is 22.8 Å². The molecular formula is C35H39ClN6O4. The maximum Gasteiger partial charge on any atom is 0.410 e. The number of hydrogen-bond acceptors (Lipinski definition) is 7. The van der Waals surface area contributed by atoms with Gasteiger partial charge in [0.25, 0.3) is 0 Å². The Morgan fingerprint density at radius 3 is 2.39 bits per heavy atom. The Bertz CT molecular complexity index is 1620. The maximum atomic E-state index is 14.1. The van der Waals surface area contributed by atoms with Crippen LogP contribution in [0.1, 0.15) is 44.1 Å². The molecule has 46 heavy (non-hydrogen) atoms. The number of halogens is 1. The van der Waals surface area contributed by atoms with E-state index in [1.165, 1.54) is 0 Å². The maximum absolute atomic E-state index is 14.1. The highest BCUT2D eigenvalue weighted by molar-refractivity contribution is 6.32. The lowest BCUT2D eigenvalue weighted by Gasteiger charge is -2.36. The summed E-state index contributed by atoms with van der Waals surface area (Å²) in [4.78, 5) is 39.6. The highest BCUT2D eigenvalue weighted by Crippen LogP contribution is 2.32. The van der Waals surface area contributed by atoms with Crippen LogP contribution in [0, 0.1) is 5.92 Å². The van der Waals surface area contributed by atoms with Crippen molar-refractivity contribution in [2.24, 2.45) is 5.92 Å². The second-order valence-corrected chi connectivity index (χ2v) is 12.2. The molecule has 2 aromatic heterocycles. The molecule has 0 N–H and O–H groups in total. The minimum absolute atomic E-state index is 0.137. The first-order chi connectivity index (χ1) is 22.5. The summed E-state index contributed by atoms with van der Waals surface area (Å²) >= 11 is 6.50. The van der Waals surface area contributed by atoms with Gasteiger partial charge in [-0.3, -0.25) is 9.78 Å². The van der Waals surface area contributed by atoms with Crippen molar-refractivity contribution in [2.75, 3.05) is 26.7 Å². The van der Waals surface area contributed by atoms with Crippen molar-refractivity contribution < 1.29 is 19.1 Å². The zero-order chi connectivity index (χ0) is 31.9. The summed E-state index contributed by atoms with van der Waals surface area (Å²) in [5, 5.41) is 5.36. The average molecular weight is 643 g/mol. The van der Waals surface area contributed by atoms with Crippen LogP contribution < -0.4 is 4.74 Å². The van der Waals surface area contributed by atoms with Gasteiger partial charge < -0.3 is 19.3 Å². The number of carbonyl (C=O) groups excluding carboxylic acids is 2. The number of rotatable bonds is 10. The van der Waals surface area contributed by atoms with E-state index in [-0.39, 0.29) is 30.6 Å². The molecule has 4 aromatic rings. The lowest BCUT2D eigenvalue weighted by Crippen LogP contribution is -2.48. The van der Waals surface area contributed by atoms with Crippen LogP contribution in [0.4, 0.5) is 4.79 Å². The third-order valence-electron chi connectivity index (χ3n) is 8.93. The first kappa shape index (κ1) is 31.5. The van der Waals surface area contributed by atoms with Gasteiger partial charge >= 0.3 is 6.09 Å². The Labute approximate surface area is 274 Å². The van der Waals surface area contributed by atoms with Gasteiger partial charge in [0, 0.05) is 55.1 Å². The molecule has 2 amide bonds. The fourth-order valence-electron chi connectivity index (χ4n) is 6.39. The molecule has 10 nitrogen and oxygen atoms in total. The molecule has 0 atom stereocenters. The fraction of sp³-hybridized carbons (Fsp3) is 0.400. The third kappa shape index (κ3) is 7.33. The minimum atomic E-state index is -0.329. The molecule has 6 rings (SSSR count). The predicted molar refractivity (Wildman–Crippen MR) is 175 cm³/mol. The number of carbonyl (C=O) groups is 2. The largest absolute Gasteiger partial charge is 0.495 e. The first-order valence-corrected chi connectivity index (χ1v) is 16.3. The summed E-state index contributed by atoms with van der Waals surface area (Å²) in [5.74, 6) is 1.85. The molecule has 2 fully saturated rings. The van der Waals surface area contributed by atoms with Gasteiger partial charge in [0.2, 0.25) is 5.91 Å². The lowest BCUT2D eigenvalue weighted by molar-refractivity contribution is -0.139. The van der Waals surface area contributed by atoms with Crippen LogP contribution in [-0.2, 0) is 22.7 Å². The van der Waals surface area contributed by atoms with Gasteiger partial charge in [-0.05, 0) is 61.6 Å². The van der Waals surface area contributed by atoms with E-state index in [1.54, 1.807) is 24.4 Å². The Balaban J connectivity index is 1.15. The molecule has 0 unspecified atom stereocenters. The van der Waals surface area contributed by atoms with E-state index >= 15 is 0 Å². The van der Waals surface area contributed by atoms with E-state index in [0.717, 1.165) is 42.4 Å². The summed E-state index contributed by atoms with van der Waals surface area (Å²) in [6.07, 6.45) is 8.57. The van der Waals surface area contributed by atoms with Gasteiger partial charge in [0.1, 0.15) is 12.4 Å². The van der Waals surface area contributed by atoms with Crippen molar-refractivity contribution >= 4 is 23.6 Å². The van der Waals surface area contributed by atoms with Crippen LogP contribution >= 0.6 is 11.6 Å². The van der Waals surface area contributed by atoms with Crippen LogP contribution in [0.5, 0.6) is 5.75 Å². The molecule has 11 heteroatoms. The third-order valence-corrected chi connectivity index (χ3v) is 9.22. The first-order valence-electron chi connectivity index (χ1n) is 16.0. The molecule has 0 bridgehead atoms. The van der Waals surface area contributed by atoms with E-state index < -0.39 is 0 Å². The highest BCUT2D eigenvalue weighted by Gasteiger charge is 2.34. The summed E-state index contributed by atoms with van der Waals surface area (Å²) in [6.45, 7) is 2.24. The fourth-order valence-corrected chi connectivity index (χ4v) is 6.64. The number of nitrogens with zero attached hydrogens (tertiary/aromatic N) is 6. The molecule has 1 aliphatic carbocycles. The van der Waals surface area contributed by atoms with Gasteiger partial charge in [0.15, 0.2) is 11.6 Å². The minimum Gasteiger partial charge on any atom is -0.495 e. The van der Waals surface area contributed by atoms with Crippen molar-refractivity contribution in [1.29, 1.82) is 0 Å². The summed E-state index contributed by atoms with van der Waals surface area (Å²) in [6, 6.07) is 19.2. The summed E-state index contributed by atoms with van der Waals surface area (Å²) in [7, 11) is 1.58. The Hall–Kier alpha value is -4.44. The van der Waals surface area contributed by atoms with Crippen molar-refractivity contribution in [3.8, 4) is 28.5 Å². The standard InChI is InChI=1S/C35H39ClN6O4/c1-45-31-12-11-28(23-30(31)36)33-38-32(26-13-17-37-18-14-26)39-42(33)22-21-41(29-9-5-6-10-29)34(43)27-15-19-40(20-16-27)35(44)46-24-25-7-3-2-4-8-25/h2-4,7-8,11-14,17-18,23,27,29H,5-6,9-10,15-16,19-22,24H2,1H3. The summed E-state index contributed by atoms with van der Waals surface area (Å²) in [5.41, 5.74) is 2.61. The molecule has 1 saturated carbocycles. The Morgan fingerprint density at radius 2 is 1.70 bits per heavy atom. The quantitative estimate of drug-likeness (QED) is 0.195. The highest BCUT2D eigenvalue weighted by atomic mass is 35.5. The smallest absolute Gasteiger partial charge is 0.410 e. The normalized spacial score (nSPS) is 15.6. The zero-order valence-corrected chi connectivity index (χ0v) is 26.8. The monoisotopic (exact) mass is 642 g/mol. The van der Waals surface area contributed by atoms with E-state index in [0.29, 0.717) is 61.4 Å². The van der Waals surface area contributed by atoms with E-state index in [2.05, 4.69) is 9.88 Å². The van der Waals surface area contributed by atoms with Crippen LogP contribution in [0.3, 0.4) is 0 Å². The van der Waals surface area contributed by atoms with Crippen LogP contribution in [0.2, 0.25) is 5.02 Å². The zero-order valence-electron chi connectivity index (χ0n) is 26.1. The predicted octanol–water partition coefficient (Wildman–Crippen LogP) is 6.49. The van der Waals surface area contributed by atoms with Gasteiger partial charge in [-0.15, -0.1) is 0 Å². The number of likely N-dealkylation sites (tertiary alicyclic amines) is 1. The Kier molecular flexibility index (Phi) is 10.1. The molecule has 2 aromatic carbocycles. The van der Waals surface area contributed by atoms with Gasteiger partial charge in [-0.2, -0.15) is 5.10 Å². The van der Waals surface area contributed by atoms with Crippen LogP contribution in [-0.4, -0.2) is 74.3 Å². The van der Waals surface area contributed by atoms with Crippen molar-refractivity contribution in [3.63, 3.8) is 0 Å². The topological polar surface area (TPSA) is 103 Å². The van der Waals surface area contributed by atoms with Gasteiger partial charge in [-0.1, -0.05) is 54.8 Å². The van der Waals surface area contributed by atoms with Crippen molar-refractivity contribution in [2.45, 2.75) is 57.7 Å². The second-order valence-electron chi connectivity index (χ2n) is 11.8. The SMILES string of the molecule is COc1ccc(-c2nc(-c3ccncc3)nn2CCN(C(=O)C2CCN(C(=O)OCc3ccccc3)CC2)C2CCCC2)cc1Cl. The number of aromatic nitrogens is 4. The van der Waals surface area contributed by atoms with Crippen molar-refractivity contribution in [1.82, 2.24) is 29.5 Å². The lowest BCUT2D eigenvalue weighted by atomic mass is 9.94. The number of hydrogen-bond donors (Lipinski definition) is 0. The molecule has 2 aliphatic rings. The van der Waals surface area contributed by atoms with E-state index in [1.807, 2.05) is 65.3 Å². The number of benzene rings is 2. The van der Waals surface area contributed by atoms with E-state index in [4.69, 9.17) is 31.2 Å². The molecule has 0 radical (unpaired) electrons. The molecular weight excluding hydrogens is 604 g/mol. The van der Waals surface area contributed by atoms with Crippen LogP contribution in [0.15, 0.2) is 73.1 Å². The number of methoxy groups -OCH3 is 1. The van der Waals surface area contributed by atoms with E-state index in [9.17, 15) is 9.59 Å². The van der Waals surface area contributed by atoms with Gasteiger partial charge in [-0.25, -0.2) is 14.5 Å². The van der Waals surface area contributed by atoms with Gasteiger partial charge in [0.05, 0.1) is 18.7 Å². The Morgan fingerprint density at radius 1 is 0.957 bits per heavy atom. The molecule has 3 heterocycles.